The molecular formula is C21H24N2O4. The third-order valence-corrected chi connectivity index (χ3v) is 4.99. The van der Waals surface area contributed by atoms with Crippen molar-refractivity contribution >= 4 is 17.5 Å². The summed E-state index contributed by atoms with van der Waals surface area (Å²) >= 11 is 0. The van der Waals surface area contributed by atoms with Crippen LogP contribution in [0.25, 0.3) is 0 Å². The molecule has 0 unspecified atom stereocenters. The average Bonchev–Trinajstić information content (AvgIpc) is 2.70. The Morgan fingerprint density at radius 1 is 1.07 bits per heavy atom. The Labute approximate surface area is 159 Å². The van der Waals surface area contributed by atoms with Crippen LogP contribution in [0, 0.1) is 5.92 Å². The zero-order valence-electron chi connectivity index (χ0n) is 15.8. The minimum Gasteiger partial charge on any atom is -0.497 e. The molecule has 0 aliphatic carbocycles. The van der Waals surface area contributed by atoms with E-state index in [4.69, 9.17) is 9.47 Å². The number of hydrogen-bond acceptors (Lipinski definition) is 4. The second-order valence-electron chi connectivity index (χ2n) is 6.59. The van der Waals surface area contributed by atoms with Gasteiger partial charge in [0.05, 0.1) is 26.2 Å². The predicted octanol–water partition coefficient (Wildman–Crippen LogP) is 3.25. The molecule has 2 aromatic carbocycles. The van der Waals surface area contributed by atoms with Gasteiger partial charge in [0, 0.05) is 25.2 Å². The Morgan fingerprint density at radius 2 is 1.78 bits per heavy atom. The van der Waals surface area contributed by atoms with E-state index >= 15 is 0 Å². The van der Waals surface area contributed by atoms with Crippen LogP contribution in [0.15, 0.2) is 48.5 Å². The zero-order valence-corrected chi connectivity index (χ0v) is 15.8. The molecule has 1 N–H and O–H groups in total. The quantitative estimate of drug-likeness (QED) is 0.880. The number of likely N-dealkylation sites (tertiary alicyclic amines) is 1. The van der Waals surface area contributed by atoms with Crippen molar-refractivity contribution in [2.24, 2.45) is 5.92 Å². The van der Waals surface area contributed by atoms with E-state index in [1.54, 1.807) is 32.2 Å². The van der Waals surface area contributed by atoms with E-state index in [9.17, 15) is 9.59 Å². The Morgan fingerprint density at radius 3 is 2.44 bits per heavy atom. The van der Waals surface area contributed by atoms with Crippen LogP contribution in [-0.2, 0) is 9.59 Å². The Balaban J connectivity index is 1.85. The standard InChI is InChI=1S/C21H24N2O4/c1-23-19(24)12-11-18(20(23)14-7-9-16(26-2)10-8-14)21(25)22-15-5-4-6-17(13-15)27-3/h4-10,13,18,20H,11-12H2,1-3H3,(H,22,25)/t18-,20+/m1/s1. The van der Waals surface area contributed by atoms with Gasteiger partial charge < -0.3 is 19.7 Å². The van der Waals surface area contributed by atoms with Crippen molar-refractivity contribution in [1.29, 1.82) is 0 Å². The van der Waals surface area contributed by atoms with Gasteiger partial charge >= 0.3 is 0 Å². The van der Waals surface area contributed by atoms with Crippen molar-refractivity contribution in [3.8, 4) is 11.5 Å². The van der Waals surface area contributed by atoms with Crippen LogP contribution in [0.4, 0.5) is 5.69 Å². The number of methoxy groups -OCH3 is 2. The fraction of sp³-hybridized carbons (Fsp3) is 0.333. The van der Waals surface area contributed by atoms with Crippen molar-refractivity contribution in [3.63, 3.8) is 0 Å². The fourth-order valence-electron chi connectivity index (χ4n) is 3.51. The van der Waals surface area contributed by atoms with Gasteiger partial charge in [-0.05, 0) is 36.2 Å². The molecule has 0 saturated carbocycles. The van der Waals surface area contributed by atoms with Gasteiger partial charge in [0.25, 0.3) is 0 Å². The number of rotatable bonds is 5. The van der Waals surface area contributed by atoms with Crippen molar-refractivity contribution in [2.75, 3.05) is 26.6 Å². The first-order valence-electron chi connectivity index (χ1n) is 8.88. The Bertz CT molecular complexity index is 819. The van der Waals surface area contributed by atoms with Crippen LogP contribution in [-0.4, -0.2) is 38.0 Å². The highest BCUT2D eigenvalue weighted by atomic mass is 16.5. The van der Waals surface area contributed by atoms with Crippen molar-refractivity contribution in [3.05, 3.63) is 54.1 Å². The first kappa shape index (κ1) is 18.8. The summed E-state index contributed by atoms with van der Waals surface area (Å²) in [5.74, 6) is 1.01. The van der Waals surface area contributed by atoms with Crippen molar-refractivity contribution in [2.45, 2.75) is 18.9 Å². The van der Waals surface area contributed by atoms with Crippen molar-refractivity contribution in [1.82, 2.24) is 4.90 Å². The number of benzene rings is 2. The molecule has 142 valence electrons. The third-order valence-electron chi connectivity index (χ3n) is 4.99. The molecule has 27 heavy (non-hydrogen) atoms. The van der Waals surface area contributed by atoms with Gasteiger partial charge in [-0.3, -0.25) is 9.59 Å². The van der Waals surface area contributed by atoms with Crippen LogP contribution >= 0.6 is 0 Å². The zero-order chi connectivity index (χ0) is 19.4. The summed E-state index contributed by atoms with van der Waals surface area (Å²) in [4.78, 5) is 26.9. The lowest BCUT2D eigenvalue weighted by atomic mass is 9.84. The molecule has 0 aromatic heterocycles. The van der Waals surface area contributed by atoms with Crippen LogP contribution in [0.3, 0.4) is 0 Å². The molecule has 1 saturated heterocycles. The third kappa shape index (κ3) is 4.05. The van der Waals surface area contributed by atoms with E-state index < -0.39 is 0 Å². The molecule has 6 nitrogen and oxygen atoms in total. The molecule has 2 amide bonds. The molecule has 0 radical (unpaired) electrons. The summed E-state index contributed by atoms with van der Waals surface area (Å²) in [6, 6.07) is 14.4. The largest absolute Gasteiger partial charge is 0.497 e. The molecule has 1 aliphatic heterocycles. The number of nitrogens with one attached hydrogen (secondary N) is 1. The lowest BCUT2D eigenvalue weighted by Crippen LogP contribution is -2.44. The number of nitrogens with zero attached hydrogens (tertiary/aromatic N) is 1. The molecule has 6 heteroatoms. The number of piperidine rings is 1. The normalized spacial score (nSPS) is 19.5. The fourth-order valence-corrected chi connectivity index (χ4v) is 3.51. The van der Waals surface area contributed by atoms with Gasteiger partial charge in [-0.2, -0.15) is 0 Å². The molecule has 0 bridgehead atoms. The van der Waals surface area contributed by atoms with Gasteiger partial charge in [-0.1, -0.05) is 18.2 Å². The van der Waals surface area contributed by atoms with E-state index in [1.165, 1.54) is 0 Å². The molecule has 1 heterocycles. The minimum absolute atomic E-state index is 0.0428. The van der Waals surface area contributed by atoms with Gasteiger partial charge in [0.15, 0.2) is 0 Å². The summed E-state index contributed by atoms with van der Waals surface area (Å²) in [6.07, 6.45) is 0.870. The summed E-state index contributed by atoms with van der Waals surface area (Å²) in [5, 5.41) is 2.96. The smallest absolute Gasteiger partial charge is 0.229 e. The van der Waals surface area contributed by atoms with E-state index in [0.717, 1.165) is 11.3 Å². The van der Waals surface area contributed by atoms with E-state index in [2.05, 4.69) is 5.32 Å². The van der Waals surface area contributed by atoms with Gasteiger partial charge in [0.1, 0.15) is 11.5 Å². The van der Waals surface area contributed by atoms with Gasteiger partial charge in [0.2, 0.25) is 11.8 Å². The number of carbonyl (C=O) groups is 2. The van der Waals surface area contributed by atoms with Crippen molar-refractivity contribution < 1.29 is 19.1 Å². The number of carbonyl (C=O) groups excluding carboxylic acids is 2. The second-order valence-corrected chi connectivity index (χ2v) is 6.59. The predicted molar refractivity (Wildman–Crippen MR) is 103 cm³/mol. The van der Waals surface area contributed by atoms with E-state index in [-0.39, 0.29) is 23.8 Å². The monoisotopic (exact) mass is 368 g/mol. The lowest BCUT2D eigenvalue weighted by Gasteiger charge is -2.38. The number of hydrogen-bond donors (Lipinski definition) is 1. The lowest BCUT2D eigenvalue weighted by molar-refractivity contribution is -0.140. The van der Waals surface area contributed by atoms with Crippen LogP contribution in [0.1, 0.15) is 24.4 Å². The SMILES string of the molecule is COc1ccc([C@H]2[C@H](C(=O)Nc3cccc(OC)c3)CCC(=O)N2C)cc1. The molecule has 1 fully saturated rings. The molecule has 1 aliphatic rings. The highest BCUT2D eigenvalue weighted by Gasteiger charge is 2.38. The van der Waals surface area contributed by atoms with Crippen LogP contribution in [0.5, 0.6) is 11.5 Å². The maximum atomic E-state index is 13.0. The number of anilines is 1. The van der Waals surface area contributed by atoms with Gasteiger partial charge in [-0.15, -0.1) is 0 Å². The first-order valence-corrected chi connectivity index (χ1v) is 8.88. The average molecular weight is 368 g/mol. The molecule has 2 atom stereocenters. The summed E-state index contributed by atoms with van der Waals surface area (Å²) in [6.45, 7) is 0. The first-order chi connectivity index (χ1) is 13.0. The highest BCUT2D eigenvalue weighted by Crippen LogP contribution is 2.37. The maximum absolute atomic E-state index is 13.0. The molecule has 3 rings (SSSR count). The van der Waals surface area contributed by atoms with E-state index in [1.807, 2.05) is 42.5 Å². The topological polar surface area (TPSA) is 67.9 Å². The maximum Gasteiger partial charge on any atom is 0.229 e. The van der Waals surface area contributed by atoms with E-state index in [0.29, 0.717) is 24.3 Å². The number of ether oxygens (including phenoxy) is 2. The Hall–Kier alpha value is -3.02. The Kier molecular flexibility index (Phi) is 5.64. The minimum atomic E-state index is -0.340. The summed E-state index contributed by atoms with van der Waals surface area (Å²) in [7, 11) is 4.94. The summed E-state index contributed by atoms with van der Waals surface area (Å²) < 4.78 is 10.4. The molecular weight excluding hydrogens is 344 g/mol. The second kappa shape index (κ2) is 8.12. The molecule has 0 spiro atoms. The van der Waals surface area contributed by atoms with Crippen LogP contribution < -0.4 is 14.8 Å². The highest BCUT2D eigenvalue weighted by molar-refractivity contribution is 5.94. The number of amides is 2. The summed E-state index contributed by atoms with van der Waals surface area (Å²) in [5.41, 5.74) is 1.59. The molecule has 2 aromatic rings. The van der Waals surface area contributed by atoms with Gasteiger partial charge in [-0.25, -0.2) is 0 Å². The van der Waals surface area contributed by atoms with Crippen LogP contribution in [0.2, 0.25) is 0 Å².